The van der Waals surface area contributed by atoms with Gasteiger partial charge in [-0.05, 0) is 55.9 Å². The maximum absolute atomic E-state index is 13.7. The SMILES string of the molecule is Cc1cccc(/C=N\NC(=O)CSc2nc3sc4c(c3c(=O)n2-c2ccccc2)CCCC4)c1. The number of thioether (sulfide) groups is 1. The van der Waals surface area contributed by atoms with Crippen LogP contribution in [0.25, 0.3) is 15.9 Å². The van der Waals surface area contributed by atoms with Crippen LogP contribution in [0.1, 0.15) is 34.4 Å². The maximum atomic E-state index is 13.7. The van der Waals surface area contributed by atoms with Crippen LogP contribution in [-0.4, -0.2) is 27.4 Å². The molecule has 1 aliphatic carbocycles. The van der Waals surface area contributed by atoms with Crippen LogP contribution in [0.5, 0.6) is 0 Å². The molecule has 6 nitrogen and oxygen atoms in total. The molecule has 0 saturated carbocycles. The topological polar surface area (TPSA) is 76.3 Å². The van der Waals surface area contributed by atoms with E-state index in [1.807, 2.05) is 61.5 Å². The maximum Gasteiger partial charge on any atom is 0.267 e. The molecule has 2 heterocycles. The lowest BCUT2D eigenvalue weighted by atomic mass is 9.97. The molecule has 172 valence electrons. The van der Waals surface area contributed by atoms with Crippen molar-refractivity contribution in [3.8, 4) is 5.69 Å². The zero-order valence-corrected chi connectivity index (χ0v) is 20.4. The number of rotatable bonds is 6. The highest BCUT2D eigenvalue weighted by Gasteiger charge is 2.23. The quantitative estimate of drug-likeness (QED) is 0.182. The Balaban J connectivity index is 1.42. The van der Waals surface area contributed by atoms with E-state index >= 15 is 0 Å². The number of aryl methyl sites for hydroxylation is 3. The lowest BCUT2D eigenvalue weighted by molar-refractivity contribution is -0.118. The van der Waals surface area contributed by atoms with E-state index < -0.39 is 0 Å². The van der Waals surface area contributed by atoms with Crippen LogP contribution in [0.2, 0.25) is 0 Å². The van der Waals surface area contributed by atoms with Gasteiger partial charge in [0, 0.05) is 4.88 Å². The fraction of sp³-hybridized carbons (Fsp3) is 0.231. The number of thiophene rings is 1. The van der Waals surface area contributed by atoms with Gasteiger partial charge >= 0.3 is 0 Å². The molecule has 0 radical (unpaired) electrons. The highest BCUT2D eigenvalue weighted by molar-refractivity contribution is 7.99. The summed E-state index contributed by atoms with van der Waals surface area (Å²) in [4.78, 5) is 33.0. The summed E-state index contributed by atoms with van der Waals surface area (Å²) in [6.07, 6.45) is 5.80. The number of fused-ring (bicyclic) bond motifs is 3. The number of hydrogen-bond acceptors (Lipinski definition) is 6. The third-order valence-electron chi connectivity index (χ3n) is 5.75. The molecule has 2 aromatic carbocycles. The molecule has 0 spiro atoms. The summed E-state index contributed by atoms with van der Waals surface area (Å²) in [7, 11) is 0. The van der Waals surface area contributed by atoms with E-state index in [1.165, 1.54) is 16.6 Å². The third kappa shape index (κ3) is 4.69. The lowest BCUT2D eigenvalue weighted by Crippen LogP contribution is -2.24. The number of hydrogen-bond donors (Lipinski definition) is 1. The summed E-state index contributed by atoms with van der Waals surface area (Å²) in [6, 6.07) is 17.4. The van der Waals surface area contributed by atoms with E-state index in [4.69, 9.17) is 4.98 Å². The Kier molecular flexibility index (Phi) is 6.60. The number of hydrazone groups is 1. The Morgan fingerprint density at radius 2 is 2.00 bits per heavy atom. The molecule has 5 rings (SSSR count). The van der Waals surface area contributed by atoms with Gasteiger partial charge in [-0.3, -0.25) is 14.2 Å². The minimum atomic E-state index is -0.256. The number of carbonyl (C=O) groups excluding carboxylic acids is 1. The molecule has 2 aromatic heterocycles. The molecular weight excluding hydrogens is 464 g/mol. The van der Waals surface area contributed by atoms with Crippen LogP contribution >= 0.6 is 23.1 Å². The van der Waals surface area contributed by atoms with Crippen molar-refractivity contribution in [1.82, 2.24) is 15.0 Å². The molecule has 0 bridgehead atoms. The summed E-state index contributed by atoms with van der Waals surface area (Å²) in [5.74, 6) is -0.158. The summed E-state index contributed by atoms with van der Waals surface area (Å²) < 4.78 is 1.64. The van der Waals surface area contributed by atoms with Crippen molar-refractivity contribution in [1.29, 1.82) is 0 Å². The van der Waals surface area contributed by atoms with Crippen molar-refractivity contribution in [2.75, 3.05) is 5.75 Å². The van der Waals surface area contributed by atoms with E-state index in [9.17, 15) is 9.59 Å². The molecule has 0 aliphatic heterocycles. The molecule has 4 aromatic rings. The summed E-state index contributed by atoms with van der Waals surface area (Å²) >= 11 is 2.86. The number of benzene rings is 2. The van der Waals surface area contributed by atoms with Crippen LogP contribution in [0.4, 0.5) is 0 Å². The van der Waals surface area contributed by atoms with Crippen LogP contribution in [0.3, 0.4) is 0 Å². The fourth-order valence-corrected chi connectivity index (χ4v) is 6.29. The Labute approximate surface area is 205 Å². The predicted octanol–water partition coefficient (Wildman–Crippen LogP) is 4.88. The summed E-state index contributed by atoms with van der Waals surface area (Å²) in [6.45, 7) is 2.01. The molecule has 1 aliphatic rings. The Morgan fingerprint density at radius 1 is 1.18 bits per heavy atom. The zero-order chi connectivity index (χ0) is 23.5. The molecule has 1 amide bonds. The number of aromatic nitrogens is 2. The Morgan fingerprint density at radius 3 is 2.82 bits per heavy atom. The molecule has 0 atom stereocenters. The van der Waals surface area contributed by atoms with Crippen molar-refractivity contribution in [2.45, 2.75) is 37.8 Å². The Bertz CT molecular complexity index is 1440. The van der Waals surface area contributed by atoms with Gasteiger partial charge in [0.2, 0.25) is 0 Å². The van der Waals surface area contributed by atoms with Gasteiger partial charge in [0.15, 0.2) is 5.16 Å². The van der Waals surface area contributed by atoms with Crippen molar-refractivity contribution in [2.24, 2.45) is 5.10 Å². The van der Waals surface area contributed by atoms with Crippen molar-refractivity contribution < 1.29 is 4.79 Å². The molecule has 0 fully saturated rings. The molecule has 0 unspecified atom stereocenters. The number of para-hydroxylation sites is 1. The van der Waals surface area contributed by atoms with Gasteiger partial charge in [-0.1, -0.05) is 59.8 Å². The first-order chi connectivity index (χ1) is 16.6. The van der Waals surface area contributed by atoms with Crippen LogP contribution in [-0.2, 0) is 17.6 Å². The first kappa shape index (κ1) is 22.6. The zero-order valence-electron chi connectivity index (χ0n) is 18.8. The highest BCUT2D eigenvalue weighted by atomic mass is 32.2. The molecular formula is C26H24N4O2S2. The van der Waals surface area contributed by atoms with Crippen molar-refractivity contribution in [3.63, 3.8) is 0 Å². The third-order valence-corrected chi connectivity index (χ3v) is 7.87. The van der Waals surface area contributed by atoms with E-state index in [0.29, 0.717) is 5.16 Å². The Hall–Kier alpha value is -3.23. The molecule has 0 saturated heterocycles. The number of amides is 1. The highest BCUT2D eigenvalue weighted by Crippen LogP contribution is 2.35. The smallest absolute Gasteiger partial charge is 0.267 e. The number of nitrogens with zero attached hydrogens (tertiary/aromatic N) is 3. The van der Waals surface area contributed by atoms with Gasteiger partial charge in [-0.2, -0.15) is 5.10 Å². The van der Waals surface area contributed by atoms with Crippen LogP contribution < -0.4 is 11.0 Å². The normalized spacial score (nSPS) is 13.3. The minimum absolute atomic E-state index is 0.0593. The second-order valence-corrected chi connectivity index (χ2v) is 10.3. The first-order valence-corrected chi connectivity index (χ1v) is 13.0. The first-order valence-electron chi connectivity index (χ1n) is 11.2. The average molecular weight is 489 g/mol. The van der Waals surface area contributed by atoms with Crippen LogP contribution in [0.15, 0.2) is 69.6 Å². The minimum Gasteiger partial charge on any atom is -0.272 e. The van der Waals surface area contributed by atoms with E-state index in [2.05, 4.69) is 10.5 Å². The lowest BCUT2D eigenvalue weighted by Gasteiger charge is -2.13. The summed E-state index contributed by atoms with van der Waals surface area (Å²) in [5.41, 5.74) is 6.46. The van der Waals surface area contributed by atoms with Crippen LogP contribution in [0, 0.1) is 6.92 Å². The van der Waals surface area contributed by atoms with Gasteiger partial charge in [-0.15, -0.1) is 11.3 Å². The molecule has 34 heavy (non-hydrogen) atoms. The summed E-state index contributed by atoms with van der Waals surface area (Å²) in [5, 5.41) is 5.31. The van der Waals surface area contributed by atoms with Gasteiger partial charge in [0.05, 0.1) is 23.0 Å². The van der Waals surface area contributed by atoms with E-state index in [-0.39, 0.29) is 17.2 Å². The second-order valence-electron chi connectivity index (χ2n) is 8.26. The van der Waals surface area contributed by atoms with Crippen molar-refractivity contribution in [3.05, 3.63) is 86.5 Å². The monoisotopic (exact) mass is 488 g/mol. The largest absolute Gasteiger partial charge is 0.272 e. The van der Waals surface area contributed by atoms with Gasteiger partial charge < -0.3 is 0 Å². The van der Waals surface area contributed by atoms with E-state index in [1.54, 1.807) is 22.1 Å². The van der Waals surface area contributed by atoms with E-state index in [0.717, 1.165) is 58.3 Å². The van der Waals surface area contributed by atoms with Gasteiger partial charge in [0.1, 0.15) is 4.83 Å². The number of nitrogens with one attached hydrogen (secondary N) is 1. The molecule has 8 heteroatoms. The molecule has 1 N–H and O–H groups in total. The predicted molar refractivity (Wildman–Crippen MR) is 139 cm³/mol. The van der Waals surface area contributed by atoms with Gasteiger partial charge in [0.25, 0.3) is 11.5 Å². The standard InChI is InChI=1S/C26H24N4O2S2/c1-17-8-7-9-18(14-17)15-27-29-22(31)16-33-26-28-24-23(20-12-5-6-13-21(20)34-24)25(32)30(26)19-10-3-2-4-11-19/h2-4,7-11,14-15H,5-6,12-13,16H2,1H3,(H,29,31)/b27-15-. The average Bonchev–Trinajstić information content (AvgIpc) is 3.22. The van der Waals surface area contributed by atoms with Crippen molar-refractivity contribution >= 4 is 45.4 Å². The fourth-order valence-electron chi connectivity index (χ4n) is 4.18. The second kappa shape index (κ2) is 9.95. The van der Waals surface area contributed by atoms with Gasteiger partial charge in [-0.25, -0.2) is 10.4 Å². The number of carbonyl (C=O) groups is 1.